The Morgan fingerprint density at radius 3 is 2.61 bits per heavy atom. The first-order valence-electron chi connectivity index (χ1n) is 6.34. The number of aliphatic hydroxyl groups excluding tert-OH is 1. The molecular weight excluding hydrogens is 228 g/mol. The fraction of sp³-hybridized carbons (Fsp3) is 0.571. The molecule has 0 radical (unpaired) electrons. The predicted molar refractivity (Wildman–Crippen MR) is 76.0 cm³/mol. The lowest BCUT2D eigenvalue weighted by molar-refractivity contribution is 0.133. The number of anilines is 2. The summed E-state index contributed by atoms with van der Waals surface area (Å²) in [6.45, 7) is 8.36. The molecule has 18 heavy (non-hydrogen) atoms. The van der Waals surface area contributed by atoms with Gasteiger partial charge in [-0.05, 0) is 33.3 Å². The van der Waals surface area contributed by atoms with Crippen molar-refractivity contribution in [2.75, 3.05) is 17.7 Å². The molecule has 0 fully saturated rings. The summed E-state index contributed by atoms with van der Waals surface area (Å²) >= 11 is 0. The number of hydrogen-bond donors (Lipinski definition) is 3. The number of nitrogens with one attached hydrogen (secondary N) is 1. The summed E-state index contributed by atoms with van der Waals surface area (Å²) in [5, 5.41) is 13.0. The van der Waals surface area contributed by atoms with Gasteiger partial charge in [0.05, 0.1) is 18.2 Å². The van der Waals surface area contributed by atoms with Crippen molar-refractivity contribution >= 4 is 11.4 Å². The van der Waals surface area contributed by atoms with Crippen LogP contribution in [0, 0.1) is 0 Å². The summed E-state index contributed by atoms with van der Waals surface area (Å²) in [6.07, 6.45) is 0.482. The van der Waals surface area contributed by atoms with Crippen LogP contribution >= 0.6 is 0 Å². The van der Waals surface area contributed by atoms with Crippen LogP contribution in [0.2, 0.25) is 0 Å². The number of aliphatic hydroxyl groups is 1. The Hall–Kier alpha value is -1.42. The van der Waals surface area contributed by atoms with Crippen molar-refractivity contribution in [2.45, 2.75) is 45.8 Å². The monoisotopic (exact) mass is 252 g/mol. The fourth-order valence-electron chi connectivity index (χ4n) is 1.47. The van der Waals surface area contributed by atoms with Gasteiger partial charge in [0.2, 0.25) is 0 Å². The molecule has 1 unspecified atom stereocenters. The molecule has 1 rings (SSSR count). The van der Waals surface area contributed by atoms with E-state index in [9.17, 15) is 5.11 Å². The molecule has 0 bridgehead atoms. The molecule has 4 heteroatoms. The minimum absolute atomic E-state index is 0.421. The largest absolute Gasteiger partial charge is 0.493 e. The lowest BCUT2D eigenvalue weighted by atomic mass is 9.98. The van der Waals surface area contributed by atoms with E-state index in [1.807, 2.05) is 26.0 Å². The maximum absolute atomic E-state index is 9.70. The molecule has 0 aliphatic heterocycles. The second kappa shape index (κ2) is 5.96. The zero-order valence-electron chi connectivity index (χ0n) is 11.7. The lowest BCUT2D eigenvalue weighted by Crippen LogP contribution is -2.41. The van der Waals surface area contributed by atoms with Crippen molar-refractivity contribution in [3.05, 3.63) is 18.2 Å². The van der Waals surface area contributed by atoms with E-state index in [1.54, 1.807) is 13.0 Å². The quantitative estimate of drug-likeness (QED) is 0.681. The van der Waals surface area contributed by atoms with E-state index in [0.717, 1.165) is 17.9 Å². The first kappa shape index (κ1) is 14.6. The molecule has 1 aromatic carbocycles. The average Bonchev–Trinajstić information content (AvgIpc) is 2.24. The first-order valence-corrected chi connectivity index (χ1v) is 6.34. The smallest absolute Gasteiger partial charge is 0.123 e. The molecule has 0 aliphatic rings. The van der Waals surface area contributed by atoms with Gasteiger partial charge >= 0.3 is 0 Å². The van der Waals surface area contributed by atoms with Gasteiger partial charge in [-0.2, -0.15) is 0 Å². The maximum Gasteiger partial charge on any atom is 0.123 e. The highest BCUT2D eigenvalue weighted by Crippen LogP contribution is 2.26. The summed E-state index contributed by atoms with van der Waals surface area (Å²) in [6, 6.07) is 5.54. The number of rotatable bonds is 6. The second-order valence-electron chi connectivity index (χ2n) is 5.16. The number of benzene rings is 1. The van der Waals surface area contributed by atoms with Crippen LogP contribution in [-0.4, -0.2) is 23.4 Å². The minimum Gasteiger partial charge on any atom is -0.493 e. The molecule has 0 spiro atoms. The Morgan fingerprint density at radius 2 is 2.06 bits per heavy atom. The Morgan fingerprint density at radius 1 is 1.39 bits per heavy atom. The highest BCUT2D eigenvalue weighted by molar-refractivity contribution is 5.60. The number of nitrogen functional groups attached to an aromatic ring is 1. The summed E-state index contributed by atoms with van der Waals surface area (Å²) in [7, 11) is 0. The summed E-state index contributed by atoms with van der Waals surface area (Å²) in [5.41, 5.74) is 6.92. The number of nitrogens with two attached hydrogens (primary N) is 1. The predicted octanol–water partition coefficient (Wildman–Crippen LogP) is 2.63. The van der Waals surface area contributed by atoms with Crippen molar-refractivity contribution in [1.82, 2.24) is 0 Å². The molecular formula is C14H24N2O2. The molecule has 0 aliphatic carbocycles. The van der Waals surface area contributed by atoms with Crippen LogP contribution in [0.3, 0.4) is 0 Å². The second-order valence-corrected chi connectivity index (χ2v) is 5.16. The van der Waals surface area contributed by atoms with Crippen molar-refractivity contribution in [1.29, 1.82) is 0 Å². The van der Waals surface area contributed by atoms with E-state index in [2.05, 4.69) is 12.2 Å². The first-order chi connectivity index (χ1) is 8.35. The molecule has 102 valence electrons. The van der Waals surface area contributed by atoms with Crippen LogP contribution in [0.5, 0.6) is 5.75 Å². The van der Waals surface area contributed by atoms with Gasteiger partial charge in [-0.3, -0.25) is 0 Å². The molecule has 0 saturated heterocycles. The summed E-state index contributed by atoms with van der Waals surface area (Å²) in [5.74, 6) is 0.751. The Balaban J connectivity index is 2.86. The Kier molecular flexibility index (Phi) is 4.84. The van der Waals surface area contributed by atoms with Gasteiger partial charge in [0.25, 0.3) is 0 Å². The van der Waals surface area contributed by atoms with E-state index in [0.29, 0.717) is 12.3 Å². The van der Waals surface area contributed by atoms with Crippen LogP contribution in [0.25, 0.3) is 0 Å². The maximum atomic E-state index is 9.70. The molecule has 1 atom stereocenters. The Bertz CT molecular complexity index is 389. The van der Waals surface area contributed by atoms with Crippen molar-refractivity contribution in [3.63, 3.8) is 0 Å². The highest BCUT2D eigenvalue weighted by atomic mass is 16.5. The fourth-order valence-corrected chi connectivity index (χ4v) is 1.47. The summed E-state index contributed by atoms with van der Waals surface area (Å²) < 4.78 is 5.57. The molecule has 0 heterocycles. The Labute approximate surface area is 109 Å². The van der Waals surface area contributed by atoms with E-state index in [4.69, 9.17) is 10.5 Å². The van der Waals surface area contributed by atoms with E-state index >= 15 is 0 Å². The van der Waals surface area contributed by atoms with Crippen molar-refractivity contribution < 1.29 is 9.84 Å². The zero-order valence-corrected chi connectivity index (χ0v) is 11.7. The van der Waals surface area contributed by atoms with Gasteiger partial charge in [0, 0.05) is 23.5 Å². The van der Waals surface area contributed by atoms with Crippen LogP contribution in [-0.2, 0) is 0 Å². The van der Waals surface area contributed by atoms with Gasteiger partial charge in [-0.1, -0.05) is 6.92 Å². The van der Waals surface area contributed by atoms with Crippen LogP contribution in [0.4, 0.5) is 11.4 Å². The average molecular weight is 252 g/mol. The zero-order chi connectivity index (χ0) is 13.8. The lowest BCUT2D eigenvalue weighted by Gasteiger charge is -2.30. The van der Waals surface area contributed by atoms with E-state index < -0.39 is 11.6 Å². The SMILES string of the molecule is CCCOc1cc(N)cc(NC(C)(C)C(C)O)c1. The van der Waals surface area contributed by atoms with Gasteiger partial charge in [-0.15, -0.1) is 0 Å². The van der Waals surface area contributed by atoms with Gasteiger partial charge in [0.15, 0.2) is 0 Å². The van der Waals surface area contributed by atoms with Crippen LogP contribution in [0.1, 0.15) is 34.1 Å². The standard InChI is InChI=1S/C14H24N2O2/c1-5-6-18-13-8-11(15)7-12(9-13)16-14(3,4)10(2)17/h7-10,16-17H,5-6,15H2,1-4H3. The number of hydrogen-bond acceptors (Lipinski definition) is 4. The molecule has 0 amide bonds. The van der Waals surface area contributed by atoms with Gasteiger partial charge in [-0.25, -0.2) is 0 Å². The summed E-state index contributed by atoms with van der Waals surface area (Å²) in [4.78, 5) is 0. The highest BCUT2D eigenvalue weighted by Gasteiger charge is 2.23. The number of ether oxygens (including phenoxy) is 1. The van der Waals surface area contributed by atoms with Crippen LogP contribution in [0.15, 0.2) is 18.2 Å². The van der Waals surface area contributed by atoms with Crippen molar-refractivity contribution in [2.24, 2.45) is 0 Å². The van der Waals surface area contributed by atoms with E-state index in [-0.39, 0.29) is 0 Å². The molecule has 4 nitrogen and oxygen atoms in total. The normalized spacial score (nSPS) is 13.2. The molecule has 1 aromatic rings. The minimum atomic E-state index is -0.473. The molecule has 0 saturated carbocycles. The van der Waals surface area contributed by atoms with Crippen LogP contribution < -0.4 is 15.8 Å². The molecule has 0 aromatic heterocycles. The topological polar surface area (TPSA) is 67.5 Å². The van der Waals surface area contributed by atoms with Crippen molar-refractivity contribution in [3.8, 4) is 5.75 Å². The molecule has 4 N–H and O–H groups in total. The van der Waals surface area contributed by atoms with E-state index in [1.165, 1.54) is 0 Å². The van der Waals surface area contributed by atoms with Gasteiger partial charge in [0.1, 0.15) is 5.75 Å². The third-order valence-corrected chi connectivity index (χ3v) is 2.91. The third kappa shape index (κ3) is 4.11. The van der Waals surface area contributed by atoms with Gasteiger partial charge < -0.3 is 20.9 Å². The third-order valence-electron chi connectivity index (χ3n) is 2.91.